The molecule has 2 aromatic carbocycles. The van der Waals surface area contributed by atoms with Crippen LogP contribution in [0.5, 0.6) is 5.75 Å². The van der Waals surface area contributed by atoms with Crippen molar-refractivity contribution in [2.75, 3.05) is 13.7 Å². The van der Waals surface area contributed by atoms with Crippen LogP contribution in [0.1, 0.15) is 12.5 Å². The fourth-order valence-corrected chi connectivity index (χ4v) is 4.19. The monoisotopic (exact) mass is 401 g/mol. The summed E-state index contributed by atoms with van der Waals surface area (Å²) in [5.41, 5.74) is 0.559. The van der Waals surface area contributed by atoms with Crippen LogP contribution in [-0.4, -0.2) is 26.4 Å². The zero-order chi connectivity index (χ0) is 17.0. The fraction of sp³-hybridized carbons (Fsp3) is 0.250. The molecule has 2 rings (SSSR count). The van der Waals surface area contributed by atoms with Crippen molar-refractivity contribution >= 4 is 26.0 Å². The number of benzene rings is 2. The summed E-state index contributed by atoms with van der Waals surface area (Å²) < 4.78 is 46.1. The van der Waals surface area contributed by atoms with Crippen LogP contribution >= 0.6 is 15.9 Å². The normalized spacial score (nSPS) is 11.7. The summed E-state index contributed by atoms with van der Waals surface area (Å²) >= 11 is 3.27. The second-order valence-electron chi connectivity index (χ2n) is 4.86. The van der Waals surface area contributed by atoms with E-state index in [0.29, 0.717) is 10.0 Å². The highest BCUT2D eigenvalue weighted by molar-refractivity contribution is 9.10. The van der Waals surface area contributed by atoms with Crippen molar-refractivity contribution in [3.05, 3.63) is 58.3 Å². The highest BCUT2D eigenvalue weighted by atomic mass is 79.9. The summed E-state index contributed by atoms with van der Waals surface area (Å²) in [5.74, 6) is -0.382. The van der Waals surface area contributed by atoms with Gasteiger partial charge in [0.15, 0.2) is 11.6 Å². The van der Waals surface area contributed by atoms with E-state index in [0.717, 1.165) is 0 Å². The van der Waals surface area contributed by atoms with Gasteiger partial charge in [0.05, 0.1) is 12.0 Å². The Balaban J connectivity index is 2.30. The van der Waals surface area contributed by atoms with Crippen LogP contribution in [0.15, 0.2) is 51.8 Å². The Kier molecular flexibility index (Phi) is 5.78. The van der Waals surface area contributed by atoms with E-state index >= 15 is 0 Å². The highest BCUT2D eigenvalue weighted by Gasteiger charge is 2.23. The van der Waals surface area contributed by atoms with Gasteiger partial charge in [0.25, 0.3) is 0 Å². The van der Waals surface area contributed by atoms with Gasteiger partial charge in [-0.3, -0.25) is 0 Å². The molecule has 0 amide bonds. The number of sulfonamides is 1. The van der Waals surface area contributed by atoms with Crippen molar-refractivity contribution in [1.82, 2.24) is 4.31 Å². The Hall–Kier alpha value is -1.44. The molecule has 124 valence electrons. The molecule has 23 heavy (non-hydrogen) atoms. The zero-order valence-electron chi connectivity index (χ0n) is 12.8. The standard InChI is InChI=1S/C16H17BrFNO3S/c1-3-19(11-12-7-8-16(22-2)15(18)9-12)23(20,21)14-6-4-5-13(17)10-14/h4-10H,3,11H2,1-2H3. The Morgan fingerprint density at radius 1 is 1.22 bits per heavy atom. The summed E-state index contributed by atoms with van der Waals surface area (Å²) in [6, 6.07) is 10.9. The predicted octanol–water partition coefficient (Wildman–Crippen LogP) is 3.81. The van der Waals surface area contributed by atoms with Crippen molar-refractivity contribution in [2.24, 2.45) is 0 Å². The average molecular weight is 402 g/mol. The number of rotatable bonds is 6. The molecular formula is C16H17BrFNO3S. The van der Waals surface area contributed by atoms with E-state index < -0.39 is 15.8 Å². The quantitative estimate of drug-likeness (QED) is 0.739. The van der Waals surface area contributed by atoms with Crippen molar-refractivity contribution in [1.29, 1.82) is 0 Å². The Bertz CT molecular complexity index is 796. The van der Waals surface area contributed by atoms with Gasteiger partial charge >= 0.3 is 0 Å². The maximum Gasteiger partial charge on any atom is 0.243 e. The summed E-state index contributed by atoms with van der Waals surface area (Å²) in [5, 5.41) is 0. The van der Waals surface area contributed by atoms with Crippen LogP contribution in [-0.2, 0) is 16.6 Å². The first-order valence-corrected chi connectivity index (χ1v) is 9.20. The number of nitrogens with zero attached hydrogens (tertiary/aromatic N) is 1. The lowest BCUT2D eigenvalue weighted by Crippen LogP contribution is -2.30. The molecule has 0 unspecified atom stereocenters. The van der Waals surface area contributed by atoms with Crippen LogP contribution in [0, 0.1) is 5.82 Å². The molecule has 0 saturated carbocycles. The third-order valence-corrected chi connectivity index (χ3v) is 5.77. The predicted molar refractivity (Wildman–Crippen MR) is 90.4 cm³/mol. The van der Waals surface area contributed by atoms with Crippen molar-refractivity contribution < 1.29 is 17.5 Å². The fourth-order valence-electron chi connectivity index (χ4n) is 2.16. The van der Waals surface area contributed by atoms with Crippen LogP contribution in [0.4, 0.5) is 4.39 Å². The first-order chi connectivity index (χ1) is 10.9. The van der Waals surface area contributed by atoms with Gasteiger partial charge in [-0.05, 0) is 35.9 Å². The van der Waals surface area contributed by atoms with Crippen molar-refractivity contribution in [3.8, 4) is 5.75 Å². The number of hydrogen-bond acceptors (Lipinski definition) is 3. The minimum absolute atomic E-state index is 0.0895. The van der Waals surface area contributed by atoms with E-state index in [2.05, 4.69) is 15.9 Å². The van der Waals surface area contributed by atoms with Crippen molar-refractivity contribution in [2.45, 2.75) is 18.4 Å². The van der Waals surface area contributed by atoms with E-state index in [1.165, 1.54) is 29.6 Å². The van der Waals surface area contributed by atoms with Gasteiger partial charge in [-0.1, -0.05) is 35.0 Å². The van der Waals surface area contributed by atoms with Gasteiger partial charge in [-0.15, -0.1) is 0 Å². The topological polar surface area (TPSA) is 46.6 Å². The van der Waals surface area contributed by atoms with Gasteiger partial charge in [0.1, 0.15) is 0 Å². The Labute approximate surface area is 144 Å². The van der Waals surface area contributed by atoms with E-state index in [-0.39, 0.29) is 23.7 Å². The molecule has 0 aliphatic rings. The first-order valence-electron chi connectivity index (χ1n) is 6.96. The van der Waals surface area contributed by atoms with E-state index in [1.807, 2.05) is 0 Å². The SMILES string of the molecule is CCN(Cc1ccc(OC)c(F)c1)S(=O)(=O)c1cccc(Br)c1. The molecule has 7 heteroatoms. The minimum Gasteiger partial charge on any atom is -0.494 e. The van der Waals surface area contributed by atoms with E-state index in [4.69, 9.17) is 4.74 Å². The van der Waals surface area contributed by atoms with Gasteiger partial charge in [0.2, 0.25) is 10.0 Å². The molecule has 0 radical (unpaired) electrons. The average Bonchev–Trinajstić information content (AvgIpc) is 2.52. The number of halogens is 2. The lowest BCUT2D eigenvalue weighted by molar-refractivity contribution is 0.384. The van der Waals surface area contributed by atoms with Gasteiger partial charge < -0.3 is 4.74 Å². The van der Waals surface area contributed by atoms with Gasteiger partial charge in [-0.25, -0.2) is 12.8 Å². The number of ether oxygens (including phenoxy) is 1. The lowest BCUT2D eigenvalue weighted by Gasteiger charge is -2.21. The maximum atomic E-state index is 13.8. The van der Waals surface area contributed by atoms with E-state index in [9.17, 15) is 12.8 Å². The smallest absolute Gasteiger partial charge is 0.243 e. The van der Waals surface area contributed by atoms with Crippen LogP contribution in [0.2, 0.25) is 0 Å². The van der Waals surface area contributed by atoms with Crippen LogP contribution in [0.25, 0.3) is 0 Å². The lowest BCUT2D eigenvalue weighted by atomic mass is 10.2. The molecule has 0 spiro atoms. The molecule has 0 bridgehead atoms. The molecule has 0 atom stereocenters. The number of methoxy groups -OCH3 is 1. The summed E-state index contributed by atoms with van der Waals surface area (Å²) in [6.45, 7) is 2.12. The minimum atomic E-state index is -3.65. The largest absolute Gasteiger partial charge is 0.494 e. The first kappa shape index (κ1) is 17.9. The molecule has 0 aromatic heterocycles. The number of hydrogen-bond donors (Lipinski definition) is 0. The molecule has 0 heterocycles. The van der Waals surface area contributed by atoms with E-state index in [1.54, 1.807) is 31.2 Å². The molecule has 0 N–H and O–H groups in total. The van der Waals surface area contributed by atoms with Crippen LogP contribution < -0.4 is 4.74 Å². The van der Waals surface area contributed by atoms with Crippen molar-refractivity contribution in [3.63, 3.8) is 0 Å². The molecule has 0 aliphatic heterocycles. The third kappa shape index (κ3) is 4.10. The molecule has 0 fully saturated rings. The third-order valence-electron chi connectivity index (χ3n) is 3.36. The van der Waals surface area contributed by atoms with Gasteiger partial charge in [0, 0.05) is 17.6 Å². The summed E-state index contributed by atoms with van der Waals surface area (Å²) in [4.78, 5) is 0.197. The molecule has 0 aliphatic carbocycles. The second kappa shape index (κ2) is 7.42. The van der Waals surface area contributed by atoms with Gasteiger partial charge in [-0.2, -0.15) is 4.31 Å². The molecule has 4 nitrogen and oxygen atoms in total. The Morgan fingerprint density at radius 3 is 2.52 bits per heavy atom. The Morgan fingerprint density at radius 2 is 1.96 bits per heavy atom. The zero-order valence-corrected chi connectivity index (χ0v) is 15.2. The summed E-state index contributed by atoms with van der Waals surface area (Å²) in [6.07, 6.45) is 0. The molecule has 2 aromatic rings. The summed E-state index contributed by atoms with van der Waals surface area (Å²) in [7, 11) is -2.27. The maximum absolute atomic E-state index is 13.8. The van der Waals surface area contributed by atoms with Crippen LogP contribution in [0.3, 0.4) is 0 Å². The highest BCUT2D eigenvalue weighted by Crippen LogP contribution is 2.23. The second-order valence-corrected chi connectivity index (χ2v) is 7.71. The molecule has 0 saturated heterocycles. The molecular weight excluding hydrogens is 385 g/mol.